The average Bonchev–Trinajstić information content (AvgIpc) is 2.73. The summed E-state index contributed by atoms with van der Waals surface area (Å²) in [6.07, 6.45) is 15.6. The number of hydrogen-bond donors (Lipinski definition) is 2. The SMILES string of the molecule is CCCCCCCCCCCCCC(=O)NC(=S)Nc1ccc(OCCC(C)C)cc1. The van der Waals surface area contributed by atoms with Gasteiger partial charge in [0.25, 0.3) is 0 Å². The lowest BCUT2D eigenvalue weighted by Crippen LogP contribution is -2.33. The number of nitrogens with one attached hydrogen (secondary N) is 2. The number of thiocarbonyl (C=S) groups is 1. The Balaban J connectivity index is 2.06. The minimum absolute atomic E-state index is 0.0120. The lowest BCUT2D eigenvalue weighted by Gasteiger charge is -2.11. The van der Waals surface area contributed by atoms with Crippen molar-refractivity contribution in [2.24, 2.45) is 5.92 Å². The highest BCUT2D eigenvalue weighted by Crippen LogP contribution is 2.16. The number of carbonyl (C=O) groups excluding carboxylic acids is 1. The van der Waals surface area contributed by atoms with Gasteiger partial charge in [-0.1, -0.05) is 85.0 Å². The Morgan fingerprint density at radius 3 is 2.00 bits per heavy atom. The minimum Gasteiger partial charge on any atom is -0.494 e. The fourth-order valence-corrected chi connectivity index (χ4v) is 3.58. The first-order chi connectivity index (χ1) is 15.0. The molecule has 176 valence electrons. The first-order valence-electron chi connectivity index (χ1n) is 12.3. The van der Waals surface area contributed by atoms with Gasteiger partial charge in [-0.05, 0) is 55.2 Å². The lowest BCUT2D eigenvalue weighted by molar-refractivity contribution is -0.119. The predicted molar refractivity (Wildman–Crippen MR) is 137 cm³/mol. The molecule has 0 radical (unpaired) electrons. The second-order valence-electron chi connectivity index (χ2n) is 8.84. The maximum atomic E-state index is 12.1. The number of amides is 1. The molecule has 0 aliphatic rings. The van der Waals surface area contributed by atoms with Gasteiger partial charge in [0.05, 0.1) is 6.61 Å². The van der Waals surface area contributed by atoms with Crippen LogP contribution in [0.25, 0.3) is 0 Å². The van der Waals surface area contributed by atoms with Crippen molar-refractivity contribution in [3.05, 3.63) is 24.3 Å². The minimum atomic E-state index is -0.0120. The van der Waals surface area contributed by atoms with Crippen LogP contribution in [-0.4, -0.2) is 17.6 Å². The molecular weight excluding hydrogens is 404 g/mol. The van der Waals surface area contributed by atoms with Crippen LogP contribution < -0.4 is 15.4 Å². The van der Waals surface area contributed by atoms with E-state index in [4.69, 9.17) is 17.0 Å². The third kappa shape index (κ3) is 15.8. The normalized spacial score (nSPS) is 10.8. The molecule has 0 atom stereocenters. The molecule has 0 heterocycles. The van der Waals surface area contributed by atoms with E-state index in [1.165, 1.54) is 57.8 Å². The molecule has 2 N–H and O–H groups in total. The van der Waals surface area contributed by atoms with Gasteiger partial charge in [-0.15, -0.1) is 0 Å². The van der Waals surface area contributed by atoms with Crippen LogP contribution in [0.3, 0.4) is 0 Å². The highest BCUT2D eigenvalue weighted by Gasteiger charge is 2.05. The van der Waals surface area contributed by atoms with E-state index in [1.54, 1.807) is 0 Å². The van der Waals surface area contributed by atoms with E-state index in [1.807, 2.05) is 24.3 Å². The van der Waals surface area contributed by atoms with Crippen LogP contribution in [0, 0.1) is 5.92 Å². The van der Waals surface area contributed by atoms with Gasteiger partial charge in [0.2, 0.25) is 5.91 Å². The Labute approximate surface area is 195 Å². The van der Waals surface area contributed by atoms with Crippen LogP contribution in [0.4, 0.5) is 5.69 Å². The standard InChI is InChI=1S/C26H44N2O2S/c1-4-5-6-7-8-9-10-11-12-13-14-15-25(29)28-26(31)27-23-16-18-24(19-17-23)30-21-20-22(2)3/h16-19,22H,4-15,20-21H2,1-3H3,(H2,27,28,29,31). The Morgan fingerprint density at radius 2 is 1.45 bits per heavy atom. The fraction of sp³-hybridized carbons (Fsp3) is 0.692. The van der Waals surface area contributed by atoms with E-state index in [2.05, 4.69) is 31.4 Å². The number of benzene rings is 1. The summed E-state index contributed by atoms with van der Waals surface area (Å²) < 4.78 is 5.72. The van der Waals surface area contributed by atoms with Gasteiger partial charge in [-0.25, -0.2) is 0 Å². The maximum Gasteiger partial charge on any atom is 0.226 e. The molecule has 0 spiro atoms. The number of ether oxygens (including phenoxy) is 1. The molecule has 0 fully saturated rings. The molecule has 0 saturated heterocycles. The van der Waals surface area contributed by atoms with Crippen molar-refractivity contribution < 1.29 is 9.53 Å². The predicted octanol–water partition coefficient (Wildman–Crippen LogP) is 7.63. The van der Waals surface area contributed by atoms with Crippen LogP contribution in [0.5, 0.6) is 5.75 Å². The van der Waals surface area contributed by atoms with Crippen LogP contribution >= 0.6 is 12.2 Å². The first kappa shape index (κ1) is 27.4. The van der Waals surface area contributed by atoms with Crippen LogP contribution in [0.15, 0.2) is 24.3 Å². The maximum absolute atomic E-state index is 12.1. The molecule has 31 heavy (non-hydrogen) atoms. The second-order valence-corrected chi connectivity index (χ2v) is 9.25. The molecule has 0 aliphatic carbocycles. The lowest BCUT2D eigenvalue weighted by atomic mass is 10.1. The highest BCUT2D eigenvalue weighted by molar-refractivity contribution is 7.80. The van der Waals surface area contributed by atoms with Crippen molar-refractivity contribution in [1.29, 1.82) is 0 Å². The second kappa shape index (κ2) is 18.0. The van der Waals surface area contributed by atoms with Crippen molar-refractivity contribution in [3.8, 4) is 5.75 Å². The largest absolute Gasteiger partial charge is 0.494 e. The van der Waals surface area contributed by atoms with E-state index in [-0.39, 0.29) is 5.91 Å². The van der Waals surface area contributed by atoms with Gasteiger partial charge < -0.3 is 15.4 Å². The zero-order valence-corrected chi connectivity index (χ0v) is 20.8. The van der Waals surface area contributed by atoms with Crippen LogP contribution in [0.1, 0.15) is 104 Å². The zero-order valence-electron chi connectivity index (χ0n) is 20.0. The third-order valence-electron chi connectivity index (χ3n) is 5.34. The molecule has 0 aliphatic heterocycles. The van der Waals surface area contributed by atoms with Crippen molar-refractivity contribution in [3.63, 3.8) is 0 Å². The summed E-state index contributed by atoms with van der Waals surface area (Å²) in [5, 5.41) is 6.19. The van der Waals surface area contributed by atoms with Gasteiger partial charge >= 0.3 is 0 Å². The van der Waals surface area contributed by atoms with Gasteiger partial charge in [0.15, 0.2) is 5.11 Å². The molecule has 0 unspecified atom stereocenters. The summed E-state index contributed by atoms with van der Waals surface area (Å²) >= 11 is 5.26. The number of anilines is 1. The van der Waals surface area contributed by atoms with Crippen molar-refractivity contribution in [1.82, 2.24) is 5.32 Å². The Morgan fingerprint density at radius 1 is 0.903 bits per heavy atom. The monoisotopic (exact) mass is 448 g/mol. The van der Waals surface area contributed by atoms with E-state index in [0.29, 0.717) is 17.5 Å². The Kier molecular flexibility index (Phi) is 15.9. The third-order valence-corrected chi connectivity index (χ3v) is 5.54. The van der Waals surface area contributed by atoms with Gasteiger partial charge in [0.1, 0.15) is 5.75 Å². The zero-order chi connectivity index (χ0) is 22.7. The number of carbonyl (C=O) groups is 1. The summed E-state index contributed by atoms with van der Waals surface area (Å²) in [6, 6.07) is 7.65. The molecule has 0 aromatic heterocycles. The van der Waals surface area contributed by atoms with E-state index >= 15 is 0 Å². The van der Waals surface area contributed by atoms with Crippen molar-refractivity contribution in [2.75, 3.05) is 11.9 Å². The summed E-state index contributed by atoms with van der Waals surface area (Å²) in [7, 11) is 0. The molecule has 4 nitrogen and oxygen atoms in total. The fourth-order valence-electron chi connectivity index (χ4n) is 3.35. The van der Waals surface area contributed by atoms with Crippen LogP contribution in [0.2, 0.25) is 0 Å². The molecule has 1 aromatic rings. The molecular formula is C26H44N2O2S. The smallest absolute Gasteiger partial charge is 0.226 e. The summed E-state index contributed by atoms with van der Waals surface area (Å²) in [5.41, 5.74) is 0.844. The van der Waals surface area contributed by atoms with Crippen molar-refractivity contribution >= 4 is 28.9 Å². The molecule has 1 aromatic carbocycles. The Hall–Kier alpha value is -1.62. The number of hydrogen-bond acceptors (Lipinski definition) is 3. The molecule has 1 rings (SSSR count). The highest BCUT2D eigenvalue weighted by atomic mass is 32.1. The topological polar surface area (TPSA) is 50.4 Å². The van der Waals surface area contributed by atoms with Crippen molar-refractivity contribution in [2.45, 2.75) is 104 Å². The van der Waals surface area contributed by atoms with Gasteiger partial charge in [-0.2, -0.15) is 0 Å². The summed E-state index contributed by atoms with van der Waals surface area (Å²) in [5.74, 6) is 1.46. The number of unbranched alkanes of at least 4 members (excludes halogenated alkanes) is 10. The Bertz CT molecular complexity index is 602. The molecule has 0 saturated carbocycles. The average molecular weight is 449 g/mol. The molecule has 0 bridgehead atoms. The summed E-state index contributed by atoms with van der Waals surface area (Å²) in [6.45, 7) is 7.35. The van der Waals surface area contributed by atoms with E-state index in [9.17, 15) is 4.79 Å². The van der Waals surface area contributed by atoms with Gasteiger partial charge in [0, 0.05) is 12.1 Å². The molecule has 5 heteroatoms. The quantitative estimate of drug-likeness (QED) is 0.190. The van der Waals surface area contributed by atoms with E-state index < -0.39 is 0 Å². The van der Waals surface area contributed by atoms with E-state index in [0.717, 1.165) is 37.3 Å². The van der Waals surface area contributed by atoms with Crippen LogP contribution in [-0.2, 0) is 4.79 Å². The first-order valence-corrected chi connectivity index (χ1v) is 12.8. The van der Waals surface area contributed by atoms with Gasteiger partial charge in [-0.3, -0.25) is 4.79 Å². The number of rotatable bonds is 17. The summed E-state index contributed by atoms with van der Waals surface area (Å²) in [4.78, 5) is 12.1. The molecule has 1 amide bonds.